The van der Waals surface area contributed by atoms with Gasteiger partial charge in [0, 0.05) is 29.3 Å². The highest BCUT2D eigenvalue weighted by molar-refractivity contribution is 5.84. The van der Waals surface area contributed by atoms with Crippen LogP contribution in [0.1, 0.15) is 18.2 Å². The second kappa shape index (κ2) is 10.7. The van der Waals surface area contributed by atoms with Crippen molar-refractivity contribution in [2.24, 2.45) is 0 Å². The van der Waals surface area contributed by atoms with Crippen molar-refractivity contribution in [3.8, 4) is 22.4 Å². The van der Waals surface area contributed by atoms with Crippen LogP contribution in [0.5, 0.6) is 0 Å². The van der Waals surface area contributed by atoms with Crippen LogP contribution in [-0.4, -0.2) is 15.0 Å². The van der Waals surface area contributed by atoms with Gasteiger partial charge in [0.25, 0.3) is 0 Å². The van der Waals surface area contributed by atoms with E-state index in [4.69, 9.17) is 0 Å². The SMILES string of the molecule is C=C(/C=C\C=C(/C)Cc1cc(-c2ccc(-c3ccccc3)cc2)ncn1)c1ccc2ncccc2c1. The van der Waals surface area contributed by atoms with Crippen LogP contribution >= 0.6 is 0 Å². The van der Waals surface area contributed by atoms with Gasteiger partial charge < -0.3 is 0 Å². The summed E-state index contributed by atoms with van der Waals surface area (Å²) >= 11 is 0. The molecule has 0 atom stereocenters. The molecule has 5 rings (SSSR count). The molecular weight excluding hydrogens is 438 g/mol. The molecule has 0 fully saturated rings. The molecule has 3 aromatic carbocycles. The first-order valence-corrected chi connectivity index (χ1v) is 12.0. The minimum atomic E-state index is 0.760. The molecule has 0 radical (unpaired) electrons. The Balaban J connectivity index is 1.25. The van der Waals surface area contributed by atoms with Crippen LogP contribution in [0, 0.1) is 0 Å². The zero-order valence-electron chi connectivity index (χ0n) is 20.3. The van der Waals surface area contributed by atoms with Crippen LogP contribution in [0.2, 0.25) is 0 Å². The van der Waals surface area contributed by atoms with E-state index in [1.807, 2.05) is 30.5 Å². The minimum Gasteiger partial charge on any atom is -0.256 e. The van der Waals surface area contributed by atoms with Crippen molar-refractivity contribution in [3.63, 3.8) is 0 Å². The fourth-order valence-corrected chi connectivity index (χ4v) is 4.16. The molecule has 0 bridgehead atoms. The average Bonchev–Trinajstić information content (AvgIpc) is 2.93. The Kier molecular flexibility index (Phi) is 6.90. The molecule has 2 aromatic heterocycles. The van der Waals surface area contributed by atoms with Gasteiger partial charge in [-0.1, -0.05) is 97.1 Å². The van der Waals surface area contributed by atoms with E-state index in [0.717, 1.165) is 45.4 Å². The molecule has 3 nitrogen and oxygen atoms in total. The topological polar surface area (TPSA) is 38.7 Å². The van der Waals surface area contributed by atoms with Crippen molar-refractivity contribution < 1.29 is 0 Å². The van der Waals surface area contributed by atoms with Crippen molar-refractivity contribution in [2.75, 3.05) is 0 Å². The molecule has 5 aromatic rings. The first kappa shape index (κ1) is 23.1. The van der Waals surface area contributed by atoms with Gasteiger partial charge in [0.2, 0.25) is 0 Å². The number of allylic oxidation sites excluding steroid dienone is 5. The van der Waals surface area contributed by atoms with E-state index >= 15 is 0 Å². The highest BCUT2D eigenvalue weighted by atomic mass is 14.8. The van der Waals surface area contributed by atoms with E-state index in [9.17, 15) is 0 Å². The van der Waals surface area contributed by atoms with E-state index in [1.54, 1.807) is 6.33 Å². The standard InChI is InChI=1S/C33H27N3/c1-24(8-6-9-25(2)29-17-18-32-30(21-29)12-7-19-34-32)20-31-22-33(36-23-35-31)28-15-13-27(14-16-28)26-10-4-3-5-11-26/h3-19,21-23H,2,20H2,1H3/b9-6-,24-8+. The van der Waals surface area contributed by atoms with Crippen molar-refractivity contribution in [3.05, 3.63) is 145 Å². The number of fused-ring (bicyclic) bond motifs is 1. The lowest BCUT2D eigenvalue weighted by molar-refractivity contribution is 1.01. The van der Waals surface area contributed by atoms with E-state index in [0.29, 0.717) is 0 Å². The Morgan fingerprint density at radius 2 is 1.56 bits per heavy atom. The number of aromatic nitrogens is 3. The lowest BCUT2D eigenvalue weighted by atomic mass is 10.0. The van der Waals surface area contributed by atoms with Gasteiger partial charge in [-0.25, -0.2) is 9.97 Å². The first-order chi connectivity index (χ1) is 17.7. The molecule has 0 aliphatic rings. The third-order valence-corrected chi connectivity index (χ3v) is 6.12. The summed E-state index contributed by atoms with van der Waals surface area (Å²) < 4.78 is 0. The first-order valence-electron chi connectivity index (χ1n) is 12.0. The number of hydrogen-bond donors (Lipinski definition) is 0. The molecule has 0 amide bonds. The third kappa shape index (κ3) is 5.53. The highest BCUT2D eigenvalue weighted by Gasteiger charge is 2.04. The van der Waals surface area contributed by atoms with E-state index in [2.05, 4.69) is 113 Å². The normalized spacial score (nSPS) is 11.8. The molecule has 0 unspecified atom stereocenters. The molecule has 174 valence electrons. The lowest BCUT2D eigenvalue weighted by Crippen LogP contribution is -1.94. The predicted octanol–water partition coefficient (Wildman–Crippen LogP) is 8.12. The fraction of sp³-hybridized carbons (Fsp3) is 0.0606. The molecule has 3 heteroatoms. The van der Waals surface area contributed by atoms with Crippen molar-refractivity contribution in [2.45, 2.75) is 13.3 Å². The largest absolute Gasteiger partial charge is 0.256 e. The Bertz CT molecular complexity index is 1560. The summed E-state index contributed by atoms with van der Waals surface area (Å²) in [4.78, 5) is 13.4. The number of nitrogens with zero attached hydrogens (tertiary/aromatic N) is 3. The summed E-state index contributed by atoms with van der Waals surface area (Å²) in [6, 6.07) is 31.2. The predicted molar refractivity (Wildman–Crippen MR) is 150 cm³/mol. The summed E-state index contributed by atoms with van der Waals surface area (Å²) in [6.07, 6.45) is 10.4. The van der Waals surface area contributed by atoms with E-state index in [-0.39, 0.29) is 0 Å². The van der Waals surface area contributed by atoms with Crippen molar-refractivity contribution in [1.29, 1.82) is 0 Å². The Hall–Kier alpha value is -4.63. The molecule has 0 N–H and O–H groups in total. The smallest absolute Gasteiger partial charge is 0.116 e. The monoisotopic (exact) mass is 465 g/mol. The van der Waals surface area contributed by atoms with Crippen LogP contribution in [-0.2, 0) is 6.42 Å². The minimum absolute atomic E-state index is 0.760. The van der Waals surface area contributed by atoms with Gasteiger partial charge in [-0.2, -0.15) is 0 Å². The Labute approximate surface area is 212 Å². The van der Waals surface area contributed by atoms with Gasteiger partial charge in [-0.15, -0.1) is 0 Å². The zero-order chi connectivity index (χ0) is 24.7. The van der Waals surface area contributed by atoms with Gasteiger partial charge in [-0.3, -0.25) is 4.98 Å². The fourth-order valence-electron chi connectivity index (χ4n) is 4.16. The number of pyridine rings is 1. The molecule has 0 aliphatic carbocycles. The number of benzene rings is 3. The van der Waals surface area contributed by atoms with Crippen LogP contribution in [0.3, 0.4) is 0 Å². The van der Waals surface area contributed by atoms with Crippen molar-refractivity contribution in [1.82, 2.24) is 15.0 Å². The third-order valence-electron chi connectivity index (χ3n) is 6.12. The Morgan fingerprint density at radius 1 is 0.778 bits per heavy atom. The van der Waals surface area contributed by atoms with Gasteiger partial charge in [0.1, 0.15) is 6.33 Å². The Morgan fingerprint density at radius 3 is 2.39 bits per heavy atom. The highest BCUT2D eigenvalue weighted by Crippen LogP contribution is 2.24. The summed E-state index contributed by atoms with van der Waals surface area (Å²) in [5, 5.41) is 1.12. The maximum absolute atomic E-state index is 4.50. The summed E-state index contributed by atoms with van der Waals surface area (Å²) in [7, 11) is 0. The maximum Gasteiger partial charge on any atom is 0.116 e. The van der Waals surface area contributed by atoms with Crippen LogP contribution < -0.4 is 0 Å². The average molecular weight is 466 g/mol. The molecule has 36 heavy (non-hydrogen) atoms. The van der Waals surface area contributed by atoms with E-state index in [1.165, 1.54) is 16.7 Å². The molecular formula is C33H27N3. The maximum atomic E-state index is 4.50. The van der Waals surface area contributed by atoms with Crippen LogP contribution in [0.25, 0.3) is 38.9 Å². The van der Waals surface area contributed by atoms with Gasteiger partial charge in [0.15, 0.2) is 0 Å². The van der Waals surface area contributed by atoms with Gasteiger partial charge in [-0.05, 0) is 53.5 Å². The molecule has 0 aliphatic heterocycles. The van der Waals surface area contributed by atoms with E-state index < -0.39 is 0 Å². The van der Waals surface area contributed by atoms with Crippen molar-refractivity contribution >= 4 is 16.5 Å². The molecule has 2 heterocycles. The summed E-state index contributed by atoms with van der Waals surface area (Å²) in [6.45, 7) is 6.34. The van der Waals surface area contributed by atoms with Crippen LogP contribution in [0.15, 0.2) is 134 Å². The van der Waals surface area contributed by atoms with Crippen LogP contribution in [0.4, 0.5) is 0 Å². The number of hydrogen-bond acceptors (Lipinski definition) is 3. The molecule has 0 saturated heterocycles. The summed E-state index contributed by atoms with van der Waals surface area (Å²) in [5.74, 6) is 0. The number of rotatable bonds is 7. The zero-order valence-corrected chi connectivity index (χ0v) is 20.3. The van der Waals surface area contributed by atoms with Gasteiger partial charge >= 0.3 is 0 Å². The lowest BCUT2D eigenvalue weighted by Gasteiger charge is -2.06. The molecule has 0 saturated carbocycles. The second-order valence-electron chi connectivity index (χ2n) is 8.82. The molecule has 0 spiro atoms. The van der Waals surface area contributed by atoms with Gasteiger partial charge in [0.05, 0.1) is 11.2 Å². The second-order valence-corrected chi connectivity index (χ2v) is 8.82. The quantitative estimate of drug-likeness (QED) is 0.228. The summed E-state index contributed by atoms with van der Waals surface area (Å²) in [5.41, 5.74) is 9.68.